The van der Waals surface area contributed by atoms with Crippen molar-refractivity contribution in [3.8, 4) is 0 Å². The number of allylic oxidation sites excluding steroid dienone is 2. The topological polar surface area (TPSA) is 181 Å². The van der Waals surface area contributed by atoms with Crippen LogP contribution in [0.5, 0.6) is 0 Å². The molecule has 0 aliphatic carbocycles. The molecule has 13 heteroatoms. The first-order valence-corrected chi connectivity index (χ1v) is 13.0. The fraction of sp³-hybridized carbons (Fsp3) is 0.214. The average molecular weight is 555 g/mol. The number of hydrogen-bond donors (Lipinski definition) is 4. The zero-order chi connectivity index (χ0) is 29.3. The molecular formula is C28H30N10O3. The van der Waals surface area contributed by atoms with Gasteiger partial charge in [-0.2, -0.15) is 5.10 Å². The van der Waals surface area contributed by atoms with Crippen molar-refractivity contribution in [2.24, 2.45) is 11.5 Å². The van der Waals surface area contributed by atoms with Crippen molar-refractivity contribution in [3.63, 3.8) is 0 Å². The molecule has 0 radical (unpaired) electrons. The number of nitrogens with two attached hydrogens (primary N) is 2. The minimum Gasteiger partial charge on any atom is -0.366 e. The molecule has 13 nitrogen and oxygen atoms in total. The molecule has 2 aromatic carbocycles. The standard InChI is InChI=1S/C28H30N10O3/c1-4-38-23(13-16(2)35-38)26(41)34-28-33-20-15-18(25(30)40)8-10-22(20)37(28)12-6-5-11-36-21-9-7-17(24(29)39)14-19(21)32-27(36)31-3/h5-10,13-15H,4,11-12H2,1-3H3,(H2,29,39)(H2,30,40)(H,31,32)(H,33,34,41)/b6-5+. The van der Waals surface area contributed by atoms with Crippen molar-refractivity contribution in [1.82, 2.24) is 28.9 Å². The number of aryl methyl sites for hydroxylation is 2. The highest BCUT2D eigenvalue weighted by molar-refractivity contribution is 6.03. The van der Waals surface area contributed by atoms with Crippen molar-refractivity contribution in [2.45, 2.75) is 33.5 Å². The Balaban J connectivity index is 1.45. The lowest BCUT2D eigenvalue weighted by molar-refractivity contribution is 0.0992. The number of benzene rings is 2. The molecule has 0 bridgehead atoms. The number of aromatic nitrogens is 6. The molecule has 0 aliphatic heterocycles. The number of hydrogen-bond acceptors (Lipinski definition) is 7. The van der Waals surface area contributed by atoms with Crippen LogP contribution in [0.25, 0.3) is 22.1 Å². The molecule has 6 N–H and O–H groups in total. The number of amides is 3. The van der Waals surface area contributed by atoms with Gasteiger partial charge in [-0.05, 0) is 56.3 Å². The first-order valence-electron chi connectivity index (χ1n) is 13.0. The van der Waals surface area contributed by atoms with Gasteiger partial charge in [0.2, 0.25) is 23.7 Å². The lowest BCUT2D eigenvalue weighted by Crippen LogP contribution is -2.19. The predicted octanol–water partition coefficient (Wildman–Crippen LogP) is 2.66. The van der Waals surface area contributed by atoms with E-state index in [1.165, 1.54) is 0 Å². The normalized spacial score (nSPS) is 11.5. The second kappa shape index (κ2) is 11.0. The van der Waals surface area contributed by atoms with Crippen molar-refractivity contribution in [3.05, 3.63) is 77.1 Å². The highest BCUT2D eigenvalue weighted by atomic mass is 16.2. The monoisotopic (exact) mass is 554 g/mol. The van der Waals surface area contributed by atoms with E-state index in [9.17, 15) is 14.4 Å². The molecule has 0 saturated carbocycles. The summed E-state index contributed by atoms with van der Waals surface area (Å²) in [5.41, 5.74) is 15.5. The number of primary amides is 2. The molecule has 3 heterocycles. The second-order valence-electron chi connectivity index (χ2n) is 9.39. The first-order chi connectivity index (χ1) is 19.7. The molecule has 41 heavy (non-hydrogen) atoms. The maximum Gasteiger partial charge on any atom is 0.276 e. The first kappa shape index (κ1) is 27.1. The van der Waals surface area contributed by atoms with Gasteiger partial charge in [0.05, 0.1) is 27.8 Å². The minimum atomic E-state index is -0.565. The summed E-state index contributed by atoms with van der Waals surface area (Å²) in [6.07, 6.45) is 3.91. The Kier molecular flexibility index (Phi) is 7.25. The van der Waals surface area contributed by atoms with Crippen molar-refractivity contribution in [1.29, 1.82) is 0 Å². The van der Waals surface area contributed by atoms with Gasteiger partial charge in [0.15, 0.2) is 0 Å². The van der Waals surface area contributed by atoms with Gasteiger partial charge in [-0.15, -0.1) is 0 Å². The van der Waals surface area contributed by atoms with E-state index in [0.29, 0.717) is 59.4 Å². The summed E-state index contributed by atoms with van der Waals surface area (Å²) in [5.74, 6) is -0.470. The number of anilines is 2. The number of nitrogens with one attached hydrogen (secondary N) is 2. The van der Waals surface area contributed by atoms with E-state index in [1.807, 2.05) is 41.2 Å². The number of carbonyl (C=O) groups excluding carboxylic acids is 3. The van der Waals surface area contributed by atoms with Crippen LogP contribution in [-0.4, -0.2) is 53.7 Å². The summed E-state index contributed by atoms with van der Waals surface area (Å²) in [4.78, 5) is 45.7. The van der Waals surface area contributed by atoms with E-state index in [1.54, 1.807) is 48.1 Å². The highest BCUT2D eigenvalue weighted by Crippen LogP contribution is 2.23. The number of imidazole rings is 2. The van der Waals surface area contributed by atoms with Crippen LogP contribution in [0.4, 0.5) is 11.9 Å². The molecule has 210 valence electrons. The number of fused-ring (bicyclic) bond motifs is 2. The largest absolute Gasteiger partial charge is 0.366 e. The number of nitrogens with zero attached hydrogens (tertiary/aromatic N) is 6. The van der Waals surface area contributed by atoms with Crippen LogP contribution in [0.15, 0.2) is 54.6 Å². The Morgan fingerprint density at radius 2 is 1.39 bits per heavy atom. The number of carbonyl (C=O) groups is 3. The van der Waals surface area contributed by atoms with Gasteiger partial charge in [-0.1, -0.05) is 12.2 Å². The Labute approximate surface area is 234 Å². The number of rotatable bonds is 10. The highest BCUT2D eigenvalue weighted by Gasteiger charge is 2.18. The summed E-state index contributed by atoms with van der Waals surface area (Å²) in [5, 5.41) is 10.3. The quantitative estimate of drug-likeness (QED) is 0.191. The lowest BCUT2D eigenvalue weighted by Gasteiger charge is -2.09. The van der Waals surface area contributed by atoms with Crippen LogP contribution >= 0.6 is 0 Å². The fourth-order valence-corrected chi connectivity index (χ4v) is 4.72. The maximum atomic E-state index is 13.2. The van der Waals surface area contributed by atoms with E-state index in [-0.39, 0.29) is 5.91 Å². The lowest BCUT2D eigenvalue weighted by atomic mass is 10.2. The van der Waals surface area contributed by atoms with E-state index >= 15 is 0 Å². The Bertz CT molecular complexity index is 1840. The zero-order valence-electron chi connectivity index (χ0n) is 22.9. The Morgan fingerprint density at radius 1 is 0.854 bits per heavy atom. The van der Waals surface area contributed by atoms with Crippen LogP contribution in [0.1, 0.15) is 43.8 Å². The molecule has 5 aromatic rings. The molecule has 3 amide bonds. The van der Waals surface area contributed by atoms with E-state index in [2.05, 4.69) is 25.7 Å². The molecule has 0 unspecified atom stereocenters. The Hall–Kier alpha value is -5.46. The molecule has 0 aliphatic rings. The van der Waals surface area contributed by atoms with Gasteiger partial charge in [0.25, 0.3) is 5.91 Å². The molecule has 0 fully saturated rings. The van der Waals surface area contributed by atoms with E-state index in [4.69, 9.17) is 11.5 Å². The van der Waals surface area contributed by atoms with E-state index in [0.717, 1.165) is 16.7 Å². The fourth-order valence-electron chi connectivity index (χ4n) is 4.72. The van der Waals surface area contributed by atoms with Crippen LogP contribution in [0, 0.1) is 6.92 Å². The van der Waals surface area contributed by atoms with Gasteiger partial charge in [-0.25, -0.2) is 9.97 Å². The minimum absolute atomic E-state index is 0.320. The molecule has 0 saturated heterocycles. The molecular weight excluding hydrogens is 524 g/mol. The zero-order valence-corrected chi connectivity index (χ0v) is 22.9. The van der Waals surface area contributed by atoms with Crippen LogP contribution in [-0.2, 0) is 19.6 Å². The van der Waals surface area contributed by atoms with Crippen molar-refractivity contribution >= 4 is 51.7 Å². The second-order valence-corrected chi connectivity index (χ2v) is 9.39. The molecule has 0 spiro atoms. The van der Waals surface area contributed by atoms with Crippen LogP contribution in [0.2, 0.25) is 0 Å². The van der Waals surface area contributed by atoms with E-state index < -0.39 is 11.8 Å². The maximum absolute atomic E-state index is 13.2. The van der Waals surface area contributed by atoms with Gasteiger partial charge in [0, 0.05) is 37.8 Å². The summed E-state index contributed by atoms with van der Waals surface area (Å²) in [6.45, 7) is 5.14. The van der Waals surface area contributed by atoms with Gasteiger partial charge in [0.1, 0.15) is 5.69 Å². The molecule has 0 atom stereocenters. The van der Waals surface area contributed by atoms with Gasteiger partial charge >= 0.3 is 0 Å². The summed E-state index contributed by atoms with van der Waals surface area (Å²) < 4.78 is 5.45. The van der Waals surface area contributed by atoms with Gasteiger partial charge < -0.3 is 25.9 Å². The van der Waals surface area contributed by atoms with Crippen molar-refractivity contribution < 1.29 is 14.4 Å². The van der Waals surface area contributed by atoms with Crippen LogP contribution in [0.3, 0.4) is 0 Å². The molecule has 3 aromatic heterocycles. The smallest absolute Gasteiger partial charge is 0.276 e. The predicted molar refractivity (Wildman–Crippen MR) is 156 cm³/mol. The SMILES string of the molecule is CCn1nc(C)cc1C(=O)Nc1nc2cc(C(N)=O)ccc2n1C/C=C/Cn1c(NC)nc2cc(C(N)=O)ccc21. The third-order valence-electron chi connectivity index (χ3n) is 6.69. The third kappa shape index (κ3) is 5.24. The average Bonchev–Trinajstić information content (AvgIpc) is 3.62. The summed E-state index contributed by atoms with van der Waals surface area (Å²) >= 11 is 0. The van der Waals surface area contributed by atoms with Crippen molar-refractivity contribution in [2.75, 3.05) is 17.7 Å². The summed E-state index contributed by atoms with van der Waals surface area (Å²) in [6, 6.07) is 11.9. The molecule has 5 rings (SSSR count). The summed E-state index contributed by atoms with van der Waals surface area (Å²) in [7, 11) is 1.77. The van der Waals surface area contributed by atoms with Gasteiger partial charge in [-0.3, -0.25) is 24.4 Å². The Morgan fingerprint density at radius 3 is 1.90 bits per heavy atom. The third-order valence-corrected chi connectivity index (χ3v) is 6.69. The van der Waals surface area contributed by atoms with Crippen LogP contribution < -0.4 is 22.1 Å².